The molecule has 0 aliphatic heterocycles. The maximum atomic E-state index is 6.47. The van der Waals surface area contributed by atoms with E-state index in [0.29, 0.717) is 17.5 Å². The SMILES string of the molecule is c1ccc(-c2ccc(-c3ccc(-c4ccc5oc6cccc(-c7nc(-c8ccccc8)nc(-c8cccc9[nH]c%10ccccc%10c89)n7)c6c5c4)cc3)cc2)cc1. The van der Waals surface area contributed by atoms with Gasteiger partial charge in [-0.3, -0.25) is 0 Å². The van der Waals surface area contributed by atoms with Crippen molar-refractivity contribution < 1.29 is 4.42 Å². The molecule has 5 heteroatoms. The van der Waals surface area contributed by atoms with Crippen molar-refractivity contribution in [1.29, 1.82) is 0 Å². The Balaban J connectivity index is 1.03. The molecular formula is C51H32N4O. The fourth-order valence-electron chi connectivity index (χ4n) is 7.95. The molecule has 262 valence electrons. The summed E-state index contributed by atoms with van der Waals surface area (Å²) in [4.78, 5) is 19.1. The summed E-state index contributed by atoms with van der Waals surface area (Å²) in [5.74, 6) is 1.82. The molecule has 56 heavy (non-hydrogen) atoms. The van der Waals surface area contributed by atoms with E-state index in [4.69, 9.17) is 19.4 Å². The van der Waals surface area contributed by atoms with Crippen LogP contribution in [0.15, 0.2) is 192 Å². The zero-order valence-corrected chi connectivity index (χ0v) is 30.1. The predicted octanol–water partition coefficient (Wildman–Crippen LogP) is 13.4. The fourth-order valence-corrected chi connectivity index (χ4v) is 7.95. The van der Waals surface area contributed by atoms with E-state index in [0.717, 1.165) is 71.6 Å². The molecule has 1 N–H and O–H groups in total. The summed E-state index contributed by atoms with van der Waals surface area (Å²) in [7, 11) is 0. The van der Waals surface area contributed by atoms with Gasteiger partial charge >= 0.3 is 0 Å². The Morgan fingerprint density at radius 3 is 1.50 bits per heavy atom. The van der Waals surface area contributed by atoms with E-state index in [-0.39, 0.29) is 0 Å². The van der Waals surface area contributed by atoms with Gasteiger partial charge in [-0.1, -0.05) is 158 Å². The largest absolute Gasteiger partial charge is 0.456 e. The highest BCUT2D eigenvalue weighted by molar-refractivity contribution is 6.14. The van der Waals surface area contributed by atoms with Crippen LogP contribution in [-0.4, -0.2) is 19.9 Å². The van der Waals surface area contributed by atoms with Crippen LogP contribution in [0.5, 0.6) is 0 Å². The van der Waals surface area contributed by atoms with Crippen LogP contribution in [0.25, 0.3) is 111 Å². The van der Waals surface area contributed by atoms with E-state index in [1.807, 2.05) is 54.6 Å². The van der Waals surface area contributed by atoms with Crippen molar-refractivity contribution in [3.05, 3.63) is 188 Å². The number of aromatic amines is 1. The van der Waals surface area contributed by atoms with Gasteiger partial charge in [0.05, 0.1) is 0 Å². The van der Waals surface area contributed by atoms with E-state index in [2.05, 4.69) is 138 Å². The third-order valence-electron chi connectivity index (χ3n) is 10.7. The zero-order valence-electron chi connectivity index (χ0n) is 30.1. The number of para-hydroxylation sites is 1. The van der Waals surface area contributed by atoms with Crippen LogP contribution in [0.2, 0.25) is 0 Å². The zero-order chi connectivity index (χ0) is 37.0. The quantitative estimate of drug-likeness (QED) is 0.186. The third-order valence-corrected chi connectivity index (χ3v) is 10.7. The number of hydrogen-bond acceptors (Lipinski definition) is 4. The van der Waals surface area contributed by atoms with Gasteiger partial charge in [-0.15, -0.1) is 0 Å². The fraction of sp³-hybridized carbons (Fsp3) is 0. The third kappa shape index (κ3) is 5.45. The monoisotopic (exact) mass is 716 g/mol. The number of nitrogens with one attached hydrogen (secondary N) is 1. The highest BCUT2D eigenvalue weighted by atomic mass is 16.3. The van der Waals surface area contributed by atoms with E-state index in [1.54, 1.807) is 0 Å². The van der Waals surface area contributed by atoms with Gasteiger partial charge in [-0.2, -0.15) is 0 Å². The highest BCUT2D eigenvalue weighted by Crippen LogP contribution is 2.40. The van der Waals surface area contributed by atoms with E-state index in [9.17, 15) is 0 Å². The summed E-state index contributed by atoms with van der Waals surface area (Å²) in [5, 5.41) is 4.20. The lowest BCUT2D eigenvalue weighted by atomic mass is 9.97. The van der Waals surface area contributed by atoms with Crippen LogP contribution in [0.1, 0.15) is 0 Å². The average molecular weight is 717 g/mol. The maximum Gasteiger partial charge on any atom is 0.164 e. The Bertz CT molecular complexity index is 3220. The second-order valence-corrected chi connectivity index (χ2v) is 14.1. The van der Waals surface area contributed by atoms with Crippen molar-refractivity contribution in [2.45, 2.75) is 0 Å². The van der Waals surface area contributed by atoms with Crippen LogP contribution in [0, 0.1) is 0 Å². The summed E-state index contributed by atoms with van der Waals surface area (Å²) in [6.45, 7) is 0. The van der Waals surface area contributed by atoms with E-state index >= 15 is 0 Å². The van der Waals surface area contributed by atoms with Crippen molar-refractivity contribution in [1.82, 2.24) is 19.9 Å². The van der Waals surface area contributed by atoms with Crippen molar-refractivity contribution in [2.24, 2.45) is 0 Å². The Morgan fingerprint density at radius 2 is 0.821 bits per heavy atom. The van der Waals surface area contributed by atoms with Gasteiger partial charge in [0.25, 0.3) is 0 Å². The van der Waals surface area contributed by atoms with Crippen LogP contribution in [-0.2, 0) is 0 Å². The molecular weight excluding hydrogens is 685 g/mol. The number of furan rings is 1. The Hall–Kier alpha value is -7.63. The summed E-state index contributed by atoms with van der Waals surface area (Å²) in [6, 6.07) is 65.3. The molecule has 0 atom stereocenters. The highest BCUT2D eigenvalue weighted by Gasteiger charge is 2.20. The molecule has 0 saturated carbocycles. The van der Waals surface area contributed by atoms with Gasteiger partial charge in [0.1, 0.15) is 11.2 Å². The first kappa shape index (κ1) is 31.9. The smallest absolute Gasteiger partial charge is 0.164 e. The molecule has 5 nitrogen and oxygen atoms in total. The van der Waals surface area contributed by atoms with Crippen LogP contribution >= 0.6 is 0 Å². The van der Waals surface area contributed by atoms with Crippen LogP contribution < -0.4 is 0 Å². The molecule has 0 radical (unpaired) electrons. The minimum atomic E-state index is 0.590. The Morgan fingerprint density at radius 1 is 0.321 bits per heavy atom. The summed E-state index contributed by atoms with van der Waals surface area (Å²) in [5.41, 5.74) is 13.5. The van der Waals surface area contributed by atoms with Gasteiger partial charge in [0.15, 0.2) is 17.5 Å². The molecule has 0 bridgehead atoms. The number of rotatable bonds is 6. The number of nitrogens with zero attached hydrogens (tertiary/aromatic N) is 3. The molecule has 0 fully saturated rings. The minimum Gasteiger partial charge on any atom is -0.456 e. The molecule has 8 aromatic carbocycles. The molecule has 0 unspecified atom stereocenters. The first-order valence-corrected chi connectivity index (χ1v) is 18.8. The summed E-state index contributed by atoms with van der Waals surface area (Å²) in [6.07, 6.45) is 0. The normalized spacial score (nSPS) is 11.6. The molecule has 11 rings (SSSR count). The molecule has 0 amide bonds. The van der Waals surface area contributed by atoms with E-state index in [1.165, 1.54) is 22.3 Å². The first-order valence-electron chi connectivity index (χ1n) is 18.8. The Labute approximate surface area is 322 Å². The minimum absolute atomic E-state index is 0.590. The van der Waals surface area contributed by atoms with E-state index < -0.39 is 0 Å². The second kappa shape index (κ2) is 13.0. The first-order chi connectivity index (χ1) is 27.7. The molecule has 3 aromatic heterocycles. The molecule has 11 aromatic rings. The summed E-state index contributed by atoms with van der Waals surface area (Å²) >= 11 is 0. The molecule has 0 aliphatic carbocycles. The molecule has 0 aliphatic rings. The standard InChI is InChI=1S/C51H32N4O/c1-3-11-32(12-4-1)33-21-23-34(24-22-33)35-25-27-36(28-26-35)38-29-30-45-42(31-38)48-41(17-10-20-46(48)56-45)51-54-49(37-13-5-2-6-14-37)53-50(55-51)40-16-9-19-44-47(40)39-15-7-8-18-43(39)52-44/h1-31,52H. The predicted molar refractivity (Wildman–Crippen MR) is 229 cm³/mol. The number of benzene rings is 8. The molecule has 0 saturated heterocycles. The van der Waals surface area contributed by atoms with Gasteiger partial charge in [0.2, 0.25) is 0 Å². The topological polar surface area (TPSA) is 67.6 Å². The number of aromatic nitrogens is 4. The number of fused-ring (bicyclic) bond motifs is 6. The summed E-state index contributed by atoms with van der Waals surface area (Å²) < 4.78 is 6.47. The molecule has 0 spiro atoms. The average Bonchev–Trinajstić information content (AvgIpc) is 3.85. The van der Waals surface area contributed by atoms with Gasteiger partial charge in [-0.05, 0) is 63.7 Å². The van der Waals surface area contributed by atoms with Crippen molar-refractivity contribution in [3.8, 4) is 67.5 Å². The Kier molecular flexibility index (Phi) is 7.42. The maximum absolute atomic E-state index is 6.47. The van der Waals surface area contributed by atoms with Crippen LogP contribution in [0.4, 0.5) is 0 Å². The van der Waals surface area contributed by atoms with Gasteiger partial charge < -0.3 is 9.40 Å². The number of hydrogen-bond donors (Lipinski definition) is 1. The second-order valence-electron chi connectivity index (χ2n) is 14.1. The van der Waals surface area contributed by atoms with Gasteiger partial charge in [0, 0.05) is 49.3 Å². The van der Waals surface area contributed by atoms with Crippen molar-refractivity contribution in [3.63, 3.8) is 0 Å². The lowest BCUT2D eigenvalue weighted by molar-refractivity contribution is 0.669. The van der Waals surface area contributed by atoms with Gasteiger partial charge in [-0.25, -0.2) is 15.0 Å². The lowest BCUT2D eigenvalue weighted by Crippen LogP contribution is -2.00. The van der Waals surface area contributed by atoms with Crippen molar-refractivity contribution in [2.75, 3.05) is 0 Å². The number of H-pyrrole nitrogens is 1. The van der Waals surface area contributed by atoms with Crippen molar-refractivity contribution >= 4 is 43.7 Å². The van der Waals surface area contributed by atoms with Crippen LogP contribution in [0.3, 0.4) is 0 Å². The molecule has 3 heterocycles. The lowest BCUT2D eigenvalue weighted by Gasteiger charge is -2.10.